The Morgan fingerprint density at radius 1 is 0.650 bits per heavy atom. The Balaban J connectivity index is 0.000000160. The van der Waals surface area contributed by atoms with Crippen molar-refractivity contribution < 1.29 is 0 Å². The predicted molar refractivity (Wildman–Crippen MR) is 232 cm³/mol. The number of hydrogen-bond acceptors (Lipinski definition) is 14. The van der Waals surface area contributed by atoms with Gasteiger partial charge in [-0.25, -0.2) is 24.6 Å². The molecule has 4 aliphatic rings. The highest BCUT2D eigenvalue weighted by atomic mass is 127. The summed E-state index contributed by atoms with van der Waals surface area (Å²) in [6, 6.07) is 24.7. The summed E-state index contributed by atoms with van der Waals surface area (Å²) in [7, 11) is 0. The first kappa shape index (κ1) is 41.7. The number of nitrogens with zero attached hydrogens (tertiary/aromatic N) is 15. The standard InChI is InChI=1S/C22H21N9.C15H17N5.C7H4IN/c23-12-16-3-1-4-17(11-16)31-15-20(27-28-31)21-6-2-5-18-14-29(9-10-30(18)21)22-19(13-24)25-7-8-26-22;1-2-12-4-3-5-13-11-19(8-9-20(12)13)15-14(10-16)17-6-7-18-15;8-7-3-1-2-6(4-7)5-9/h1,3-4,7-8,11,15,18,21H,2,5-6,9-10,14H2;1,6-7,12-13H,3-5,8-9,11H2;1-4H/t18-,21?;12-,13-;/m00./s1. The summed E-state index contributed by atoms with van der Waals surface area (Å²) in [6.45, 7) is 5.14. The third-order valence-electron chi connectivity index (χ3n) is 11.3. The number of piperidine rings is 2. The van der Waals surface area contributed by atoms with Crippen LogP contribution in [0.1, 0.15) is 72.8 Å². The number of benzene rings is 2. The summed E-state index contributed by atoms with van der Waals surface area (Å²) in [5, 5.41) is 44.9. The van der Waals surface area contributed by atoms with Crippen LogP contribution in [0, 0.1) is 61.2 Å². The minimum Gasteiger partial charge on any atom is -0.351 e. The third-order valence-corrected chi connectivity index (χ3v) is 12.0. The maximum absolute atomic E-state index is 9.38. The lowest BCUT2D eigenvalue weighted by Gasteiger charge is -2.48. The van der Waals surface area contributed by atoms with E-state index in [1.54, 1.807) is 41.6 Å². The summed E-state index contributed by atoms with van der Waals surface area (Å²) < 4.78 is 2.85. The molecule has 4 atom stereocenters. The van der Waals surface area contributed by atoms with Crippen molar-refractivity contribution in [3.63, 3.8) is 0 Å². The highest BCUT2D eigenvalue weighted by Gasteiger charge is 2.38. The van der Waals surface area contributed by atoms with Crippen LogP contribution >= 0.6 is 22.6 Å². The molecule has 0 spiro atoms. The fourth-order valence-corrected chi connectivity index (χ4v) is 9.04. The molecule has 2 aromatic carbocycles. The zero-order valence-electron chi connectivity index (χ0n) is 33.0. The molecule has 0 amide bonds. The van der Waals surface area contributed by atoms with E-state index < -0.39 is 0 Å². The molecular weight excluding hydrogens is 865 g/mol. The lowest BCUT2D eigenvalue weighted by Crippen LogP contribution is -2.58. The van der Waals surface area contributed by atoms with Crippen molar-refractivity contribution in [1.29, 1.82) is 21.0 Å². The summed E-state index contributed by atoms with van der Waals surface area (Å²) in [6.07, 6.45) is 20.7. The quantitative estimate of drug-likeness (QED) is 0.165. The Hall–Kier alpha value is -6.49. The molecule has 0 radical (unpaired) electrons. The largest absolute Gasteiger partial charge is 0.351 e. The smallest absolute Gasteiger partial charge is 0.183 e. The molecule has 16 heteroatoms. The normalized spacial score (nSPS) is 21.0. The van der Waals surface area contributed by atoms with Gasteiger partial charge in [-0.05, 0) is 97.5 Å². The second-order valence-electron chi connectivity index (χ2n) is 14.8. The molecule has 0 bridgehead atoms. The molecule has 3 aromatic heterocycles. The number of aromatic nitrogens is 7. The molecule has 0 N–H and O–H groups in total. The van der Waals surface area contributed by atoms with Crippen molar-refractivity contribution >= 4 is 34.2 Å². The van der Waals surface area contributed by atoms with Crippen LogP contribution in [0.5, 0.6) is 0 Å². The van der Waals surface area contributed by atoms with E-state index in [-0.39, 0.29) is 12.1 Å². The van der Waals surface area contributed by atoms with Crippen LogP contribution in [0.4, 0.5) is 11.6 Å². The number of terminal acetylenes is 1. The van der Waals surface area contributed by atoms with Gasteiger partial charge in [0.1, 0.15) is 17.8 Å². The number of fused-ring (bicyclic) bond motifs is 2. The van der Waals surface area contributed by atoms with E-state index in [2.05, 4.69) is 103 Å². The summed E-state index contributed by atoms with van der Waals surface area (Å²) in [4.78, 5) is 26.3. The molecule has 1 unspecified atom stereocenters. The average molecular weight is 908 g/mol. The Labute approximate surface area is 363 Å². The Morgan fingerprint density at radius 2 is 1.23 bits per heavy atom. The van der Waals surface area contributed by atoms with Crippen molar-refractivity contribution in [2.75, 3.05) is 49.1 Å². The van der Waals surface area contributed by atoms with Crippen LogP contribution in [0.2, 0.25) is 0 Å². The van der Waals surface area contributed by atoms with E-state index in [1.807, 2.05) is 42.6 Å². The number of piperazine rings is 2. The molecule has 4 saturated heterocycles. The van der Waals surface area contributed by atoms with Crippen LogP contribution in [0.15, 0.2) is 79.5 Å². The van der Waals surface area contributed by atoms with Gasteiger partial charge in [-0.15, -0.1) is 11.5 Å². The molecule has 0 aliphatic carbocycles. The minimum absolute atomic E-state index is 0.214. The van der Waals surface area contributed by atoms with Crippen molar-refractivity contribution in [2.45, 2.75) is 62.7 Å². The topological polar surface area (TPSA) is 190 Å². The van der Waals surface area contributed by atoms with Gasteiger partial charge in [-0.1, -0.05) is 23.3 Å². The Bertz CT molecular complexity index is 2490. The van der Waals surface area contributed by atoms with Gasteiger partial charge in [-0.3, -0.25) is 9.80 Å². The highest BCUT2D eigenvalue weighted by Crippen LogP contribution is 2.36. The second kappa shape index (κ2) is 20.0. The average Bonchev–Trinajstić information content (AvgIpc) is 3.81. The molecule has 4 aliphatic heterocycles. The molecule has 15 nitrogen and oxygen atoms in total. The highest BCUT2D eigenvalue weighted by molar-refractivity contribution is 14.1. The maximum Gasteiger partial charge on any atom is 0.183 e. The Kier molecular flexibility index (Phi) is 13.9. The van der Waals surface area contributed by atoms with Crippen molar-refractivity contribution in [3.8, 4) is 42.3 Å². The summed E-state index contributed by atoms with van der Waals surface area (Å²) in [5.41, 5.74) is 3.90. The summed E-state index contributed by atoms with van der Waals surface area (Å²) in [5.74, 6) is 4.29. The molecule has 60 heavy (non-hydrogen) atoms. The summed E-state index contributed by atoms with van der Waals surface area (Å²) >= 11 is 2.18. The zero-order chi connectivity index (χ0) is 41.8. The van der Waals surface area contributed by atoms with E-state index in [1.165, 1.54) is 6.42 Å². The van der Waals surface area contributed by atoms with Crippen molar-refractivity contribution in [3.05, 3.63) is 111 Å². The molecule has 9 rings (SSSR count). The van der Waals surface area contributed by atoms with Gasteiger partial charge in [0.05, 0.1) is 47.2 Å². The Morgan fingerprint density at radius 3 is 1.83 bits per heavy atom. The number of rotatable bonds is 4. The van der Waals surface area contributed by atoms with Crippen LogP contribution in [0.25, 0.3) is 5.69 Å². The molecule has 5 aromatic rings. The SMILES string of the molecule is C#C[C@H]1CCC[C@H]2CN(c3nccnc3C#N)CCN21.N#Cc1cccc(-n2cc(C3CCC[C@H]4CN(c5nccnc5C#N)CCN34)nn2)c1.N#Cc1cccc(I)c1. The number of halogens is 1. The predicted octanol–water partition coefficient (Wildman–Crippen LogP) is 5.40. The number of nitriles is 4. The van der Waals surface area contributed by atoms with Gasteiger partial charge >= 0.3 is 0 Å². The monoisotopic (exact) mass is 907 g/mol. The van der Waals surface area contributed by atoms with Gasteiger partial charge in [0.25, 0.3) is 0 Å². The third kappa shape index (κ3) is 9.68. The number of anilines is 2. The fourth-order valence-electron chi connectivity index (χ4n) is 8.49. The van der Waals surface area contributed by atoms with Crippen molar-refractivity contribution in [1.82, 2.24) is 44.7 Å². The second-order valence-corrected chi connectivity index (χ2v) is 16.0. The zero-order valence-corrected chi connectivity index (χ0v) is 35.1. The van der Waals surface area contributed by atoms with Crippen LogP contribution in [-0.4, -0.2) is 102 Å². The first-order chi connectivity index (χ1) is 29.4. The van der Waals surface area contributed by atoms with Crippen LogP contribution in [-0.2, 0) is 0 Å². The van der Waals surface area contributed by atoms with E-state index in [0.717, 1.165) is 91.9 Å². The first-order valence-corrected chi connectivity index (χ1v) is 21.0. The first-order valence-electron chi connectivity index (χ1n) is 19.9. The van der Waals surface area contributed by atoms with Crippen LogP contribution in [0.3, 0.4) is 0 Å². The van der Waals surface area contributed by atoms with E-state index in [9.17, 15) is 5.26 Å². The van der Waals surface area contributed by atoms with Gasteiger partial charge in [-0.2, -0.15) is 21.0 Å². The van der Waals surface area contributed by atoms with E-state index in [0.29, 0.717) is 40.7 Å². The molecule has 0 saturated carbocycles. The molecule has 4 fully saturated rings. The maximum atomic E-state index is 9.38. The molecule has 300 valence electrons. The van der Waals surface area contributed by atoms with E-state index in [4.69, 9.17) is 22.2 Å². The molecule has 7 heterocycles. The minimum atomic E-state index is 0.214. The molecular formula is C44H42IN15. The van der Waals surface area contributed by atoms with Gasteiger partial charge < -0.3 is 9.80 Å². The van der Waals surface area contributed by atoms with Crippen LogP contribution < -0.4 is 9.80 Å². The lowest BCUT2D eigenvalue weighted by atomic mass is 9.92. The van der Waals surface area contributed by atoms with Gasteiger partial charge in [0, 0.05) is 79.7 Å². The van der Waals surface area contributed by atoms with Gasteiger partial charge in [0.15, 0.2) is 23.0 Å². The van der Waals surface area contributed by atoms with Crippen molar-refractivity contribution in [2.24, 2.45) is 0 Å². The van der Waals surface area contributed by atoms with E-state index >= 15 is 0 Å². The van der Waals surface area contributed by atoms with Gasteiger partial charge in [0.2, 0.25) is 0 Å². The number of hydrogen-bond donors (Lipinski definition) is 0. The lowest BCUT2D eigenvalue weighted by molar-refractivity contribution is 0.0691. The fraction of sp³-hybridized carbons (Fsp3) is 0.364.